The molecule has 1 aromatic carbocycles. The first-order chi connectivity index (χ1) is 9.90. The molecule has 0 N–H and O–H groups in total. The minimum absolute atomic E-state index is 0.126. The van der Waals surface area contributed by atoms with Crippen LogP contribution >= 0.6 is 22.9 Å². The Bertz CT molecular complexity index is 583. The third-order valence-corrected chi connectivity index (χ3v) is 5.08. The lowest BCUT2D eigenvalue weighted by atomic mass is 9.93. The molecule has 114 valence electrons. The van der Waals surface area contributed by atoms with Crippen LogP contribution in [0, 0.1) is 12.8 Å². The molecule has 21 heavy (non-hydrogen) atoms. The summed E-state index contributed by atoms with van der Waals surface area (Å²) in [5, 5.41) is 3.40. The molecular formula is C18H24ClNS. The van der Waals surface area contributed by atoms with Crippen LogP contribution in [0.3, 0.4) is 0 Å². The third-order valence-electron chi connectivity index (χ3n) is 3.77. The molecule has 0 saturated heterocycles. The molecule has 3 heteroatoms. The van der Waals surface area contributed by atoms with Gasteiger partial charge in [0.05, 0.1) is 10.7 Å². The number of nitrogens with zero attached hydrogens (tertiary/aromatic N) is 1. The van der Waals surface area contributed by atoms with Gasteiger partial charge in [-0.15, -0.1) is 22.9 Å². The van der Waals surface area contributed by atoms with Gasteiger partial charge in [-0.3, -0.25) is 0 Å². The van der Waals surface area contributed by atoms with E-state index < -0.39 is 0 Å². The van der Waals surface area contributed by atoms with Gasteiger partial charge in [-0.05, 0) is 30.4 Å². The van der Waals surface area contributed by atoms with Gasteiger partial charge in [-0.1, -0.05) is 45.0 Å². The lowest BCUT2D eigenvalue weighted by molar-refractivity contribution is 0.555. The largest absolute Gasteiger partial charge is 0.246 e. The van der Waals surface area contributed by atoms with Gasteiger partial charge >= 0.3 is 0 Å². The highest BCUT2D eigenvalue weighted by atomic mass is 35.5. The van der Waals surface area contributed by atoms with Crippen LogP contribution in [0.1, 0.15) is 42.6 Å². The molecule has 0 radical (unpaired) electrons. The van der Waals surface area contributed by atoms with E-state index in [9.17, 15) is 0 Å². The van der Waals surface area contributed by atoms with Gasteiger partial charge in [-0.2, -0.15) is 0 Å². The van der Waals surface area contributed by atoms with Gasteiger partial charge < -0.3 is 0 Å². The van der Waals surface area contributed by atoms with E-state index >= 15 is 0 Å². The first kappa shape index (κ1) is 16.5. The molecule has 1 atom stereocenters. The molecule has 0 aliphatic heterocycles. The van der Waals surface area contributed by atoms with E-state index in [1.54, 1.807) is 11.3 Å². The summed E-state index contributed by atoms with van der Waals surface area (Å²) in [7, 11) is 0. The molecule has 0 bridgehead atoms. The summed E-state index contributed by atoms with van der Waals surface area (Å²) < 4.78 is 0. The van der Waals surface area contributed by atoms with Gasteiger partial charge in [0, 0.05) is 23.1 Å². The van der Waals surface area contributed by atoms with E-state index in [1.165, 1.54) is 21.8 Å². The molecule has 0 aliphatic carbocycles. The number of halogens is 1. The number of alkyl halides is 1. The number of benzene rings is 1. The van der Waals surface area contributed by atoms with Crippen molar-refractivity contribution in [2.45, 2.75) is 46.0 Å². The molecule has 2 aromatic rings. The van der Waals surface area contributed by atoms with Gasteiger partial charge in [0.1, 0.15) is 0 Å². The highest BCUT2D eigenvalue weighted by Gasteiger charge is 2.19. The van der Waals surface area contributed by atoms with Crippen molar-refractivity contribution in [3.8, 4) is 0 Å². The topological polar surface area (TPSA) is 12.9 Å². The van der Waals surface area contributed by atoms with Crippen molar-refractivity contribution in [2.75, 3.05) is 5.88 Å². The zero-order chi connectivity index (χ0) is 15.5. The Morgan fingerprint density at radius 2 is 1.90 bits per heavy atom. The third kappa shape index (κ3) is 4.55. The molecule has 0 fully saturated rings. The summed E-state index contributed by atoms with van der Waals surface area (Å²) in [6.07, 6.45) is 2.00. The van der Waals surface area contributed by atoms with Crippen LogP contribution in [0.5, 0.6) is 0 Å². The second-order valence-electron chi connectivity index (χ2n) is 6.73. The predicted octanol–water partition coefficient (Wildman–Crippen LogP) is 5.39. The lowest BCUT2D eigenvalue weighted by Gasteiger charge is -2.15. The molecular weight excluding hydrogens is 298 g/mol. The highest BCUT2D eigenvalue weighted by molar-refractivity contribution is 7.09. The molecule has 2 rings (SSSR count). The zero-order valence-electron chi connectivity index (χ0n) is 13.3. The molecule has 0 aliphatic rings. The summed E-state index contributed by atoms with van der Waals surface area (Å²) >= 11 is 7.96. The first-order valence-electron chi connectivity index (χ1n) is 7.45. The standard InChI is InChI=1S/C18H24ClNS/c1-13-7-5-6-8-15(13)9-14(11-19)10-17-20-16(12-21-17)18(2,3)4/h5-8,12,14H,9-11H2,1-4H3. The van der Waals surface area contributed by atoms with Crippen molar-refractivity contribution in [3.05, 3.63) is 51.5 Å². The Morgan fingerprint density at radius 3 is 2.48 bits per heavy atom. The van der Waals surface area contributed by atoms with Crippen molar-refractivity contribution >= 4 is 22.9 Å². The van der Waals surface area contributed by atoms with Crippen molar-refractivity contribution in [1.82, 2.24) is 4.98 Å². The Labute approximate surface area is 137 Å². The summed E-state index contributed by atoms with van der Waals surface area (Å²) in [6.45, 7) is 8.79. The Morgan fingerprint density at radius 1 is 1.19 bits per heavy atom. The van der Waals surface area contributed by atoms with Crippen LogP contribution in [-0.4, -0.2) is 10.9 Å². The predicted molar refractivity (Wildman–Crippen MR) is 93.6 cm³/mol. The number of aryl methyl sites for hydroxylation is 1. The van der Waals surface area contributed by atoms with Crippen LogP contribution in [0.25, 0.3) is 0 Å². The van der Waals surface area contributed by atoms with Gasteiger partial charge in [-0.25, -0.2) is 4.98 Å². The van der Waals surface area contributed by atoms with Crippen molar-refractivity contribution in [2.24, 2.45) is 5.92 Å². The van der Waals surface area contributed by atoms with E-state index in [2.05, 4.69) is 57.3 Å². The number of hydrogen-bond acceptors (Lipinski definition) is 2. The van der Waals surface area contributed by atoms with Gasteiger partial charge in [0.15, 0.2) is 0 Å². The van der Waals surface area contributed by atoms with E-state index in [4.69, 9.17) is 16.6 Å². The fourth-order valence-corrected chi connectivity index (χ4v) is 3.68. The quantitative estimate of drug-likeness (QED) is 0.673. The number of rotatable bonds is 5. The van der Waals surface area contributed by atoms with Crippen molar-refractivity contribution in [3.63, 3.8) is 0 Å². The molecule has 1 nitrogen and oxygen atoms in total. The summed E-state index contributed by atoms with van der Waals surface area (Å²) in [5.41, 5.74) is 4.06. The first-order valence-corrected chi connectivity index (χ1v) is 8.87. The van der Waals surface area contributed by atoms with Crippen LogP contribution in [0.15, 0.2) is 29.6 Å². The van der Waals surface area contributed by atoms with E-state index in [-0.39, 0.29) is 5.41 Å². The fraction of sp³-hybridized carbons (Fsp3) is 0.500. The van der Waals surface area contributed by atoms with E-state index in [1.807, 2.05) is 0 Å². The maximum absolute atomic E-state index is 6.19. The summed E-state index contributed by atoms with van der Waals surface area (Å²) in [6, 6.07) is 8.57. The zero-order valence-corrected chi connectivity index (χ0v) is 14.9. The molecule has 0 saturated carbocycles. The van der Waals surface area contributed by atoms with Crippen LogP contribution in [0.4, 0.5) is 0 Å². The average Bonchev–Trinajstić information content (AvgIpc) is 2.89. The summed E-state index contributed by atoms with van der Waals surface area (Å²) in [5.74, 6) is 1.13. The second-order valence-corrected chi connectivity index (χ2v) is 7.98. The highest BCUT2D eigenvalue weighted by Crippen LogP contribution is 2.26. The number of hydrogen-bond donors (Lipinski definition) is 0. The molecule has 1 aromatic heterocycles. The second kappa shape index (κ2) is 6.93. The minimum Gasteiger partial charge on any atom is -0.246 e. The van der Waals surface area contributed by atoms with Crippen molar-refractivity contribution in [1.29, 1.82) is 0 Å². The number of thiazole rings is 1. The Kier molecular flexibility index (Phi) is 5.45. The Balaban J connectivity index is 2.06. The fourth-order valence-electron chi connectivity index (χ4n) is 2.33. The molecule has 0 amide bonds. The lowest BCUT2D eigenvalue weighted by Crippen LogP contribution is -2.13. The maximum atomic E-state index is 6.19. The van der Waals surface area contributed by atoms with E-state index in [0.717, 1.165) is 12.8 Å². The Hall–Kier alpha value is -0.860. The van der Waals surface area contributed by atoms with Crippen LogP contribution in [0.2, 0.25) is 0 Å². The smallest absolute Gasteiger partial charge is 0.0931 e. The molecule has 1 unspecified atom stereocenters. The normalized spacial score (nSPS) is 13.4. The van der Waals surface area contributed by atoms with Crippen LogP contribution in [-0.2, 0) is 18.3 Å². The molecule has 0 spiro atoms. The van der Waals surface area contributed by atoms with E-state index in [0.29, 0.717) is 11.8 Å². The number of aromatic nitrogens is 1. The van der Waals surface area contributed by atoms with Crippen molar-refractivity contribution < 1.29 is 0 Å². The minimum atomic E-state index is 0.126. The maximum Gasteiger partial charge on any atom is 0.0931 e. The SMILES string of the molecule is Cc1ccccc1CC(CCl)Cc1nc(C(C)(C)C)cs1. The van der Waals surface area contributed by atoms with Gasteiger partial charge in [0.25, 0.3) is 0 Å². The molecule has 1 heterocycles. The van der Waals surface area contributed by atoms with Crippen LogP contribution < -0.4 is 0 Å². The van der Waals surface area contributed by atoms with Gasteiger partial charge in [0.2, 0.25) is 0 Å². The monoisotopic (exact) mass is 321 g/mol. The average molecular weight is 322 g/mol. The summed E-state index contributed by atoms with van der Waals surface area (Å²) in [4.78, 5) is 4.79.